The maximum Gasteiger partial charge on any atom is 0.0755 e. The molecule has 0 amide bonds. The molecule has 0 atom stereocenters. The molecule has 0 aliphatic rings. The number of hydrogen-bond acceptors (Lipinski definition) is 2. The lowest BCUT2D eigenvalue weighted by atomic mass is 10.2. The molecule has 2 N–H and O–H groups in total. The van der Waals surface area contributed by atoms with E-state index in [0.29, 0.717) is 10.7 Å². The first kappa shape index (κ1) is 9.02. The zero-order valence-corrected chi connectivity index (χ0v) is 9.50. The summed E-state index contributed by atoms with van der Waals surface area (Å²) in [6.07, 6.45) is 1.58. The van der Waals surface area contributed by atoms with Crippen LogP contribution in [0.2, 0.25) is 5.02 Å². The molecule has 0 radical (unpaired) electrons. The van der Waals surface area contributed by atoms with Crippen LogP contribution in [0.25, 0.3) is 10.9 Å². The van der Waals surface area contributed by atoms with E-state index in [9.17, 15) is 0 Å². The molecule has 1 aromatic heterocycles. The van der Waals surface area contributed by atoms with E-state index in [4.69, 9.17) is 17.3 Å². The van der Waals surface area contributed by atoms with E-state index in [1.54, 1.807) is 6.20 Å². The van der Waals surface area contributed by atoms with E-state index in [-0.39, 0.29) is 0 Å². The van der Waals surface area contributed by atoms with Gasteiger partial charge in [-0.15, -0.1) is 0 Å². The lowest BCUT2D eigenvalue weighted by molar-refractivity contribution is 1.41. The number of rotatable bonds is 0. The van der Waals surface area contributed by atoms with Gasteiger partial charge in [0.05, 0.1) is 22.4 Å². The van der Waals surface area contributed by atoms with Crippen molar-refractivity contribution in [2.45, 2.75) is 0 Å². The van der Waals surface area contributed by atoms with Crippen molar-refractivity contribution < 1.29 is 0 Å². The second-order valence-electron chi connectivity index (χ2n) is 2.66. The lowest BCUT2D eigenvalue weighted by Gasteiger charge is -2.04. The summed E-state index contributed by atoms with van der Waals surface area (Å²) >= 11 is 8.28. The van der Waals surface area contributed by atoms with E-state index in [0.717, 1.165) is 14.5 Å². The fraction of sp³-hybridized carbons (Fsp3) is 0. The molecule has 66 valence electrons. The van der Waals surface area contributed by atoms with Crippen molar-refractivity contribution in [3.8, 4) is 0 Å². The van der Waals surface area contributed by atoms with Crippen LogP contribution in [0.3, 0.4) is 0 Å². The van der Waals surface area contributed by atoms with E-state index in [1.807, 2.05) is 18.2 Å². The molecule has 0 unspecified atom stereocenters. The minimum atomic E-state index is 0.526. The van der Waals surface area contributed by atoms with Gasteiger partial charge in [0.15, 0.2) is 0 Å². The Bertz CT molecular complexity index is 470. The maximum atomic E-state index is 6.06. The Kier molecular flexibility index (Phi) is 2.29. The number of aromatic nitrogens is 1. The normalized spacial score (nSPS) is 10.6. The van der Waals surface area contributed by atoms with E-state index in [1.165, 1.54) is 0 Å². The summed E-state index contributed by atoms with van der Waals surface area (Å²) < 4.78 is 1.07. The number of pyridine rings is 1. The number of nitrogens with zero attached hydrogens (tertiary/aromatic N) is 1. The molecule has 2 rings (SSSR count). The van der Waals surface area contributed by atoms with Crippen LogP contribution in [0.15, 0.2) is 24.4 Å². The van der Waals surface area contributed by atoms with Gasteiger partial charge in [-0.2, -0.15) is 0 Å². The molecule has 0 fully saturated rings. The van der Waals surface area contributed by atoms with Crippen LogP contribution >= 0.6 is 34.2 Å². The standard InChI is InChI=1S/C9H6ClIN2/c10-9-6(12)4-13-7-3-1-2-5(11)8(7)9/h1-4H,12H2. The third-order valence-corrected chi connectivity index (χ3v) is 3.11. The van der Waals surface area contributed by atoms with Gasteiger partial charge in [0.25, 0.3) is 0 Å². The number of nitrogen functional groups attached to an aromatic ring is 1. The van der Waals surface area contributed by atoms with Crippen LogP contribution in [0.5, 0.6) is 0 Å². The minimum absolute atomic E-state index is 0.526. The smallest absolute Gasteiger partial charge is 0.0755 e. The Morgan fingerprint density at radius 2 is 2.15 bits per heavy atom. The van der Waals surface area contributed by atoms with Gasteiger partial charge >= 0.3 is 0 Å². The van der Waals surface area contributed by atoms with Crippen LogP contribution in [-0.4, -0.2) is 4.98 Å². The number of hydrogen-bond donors (Lipinski definition) is 1. The third kappa shape index (κ3) is 1.46. The van der Waals surface area contributed by atoms with Crippen LogP contribution < -0.4 is 5.73 Å². The lowest BCUT2D eigenvalue weighted by Crippen LogP contribution is -1.91. The third-order valence-electron chi connectivity index (χ3n) is 1.81. The molecule has 0 spiro atoms. The summed E-state index contributed by atoms with van der Waals surface area (Å²) in [6.45, 7) is 0. The van der Waals surface area contributed by atoms with E-state index < -0.39 is 0 Å². The van der Waals surface area contributed by atoms with E-state index in [2.05, 4.69) is 27.6 Å². The summed E-state index contributed by atoms with van der Waals surface area (Å²) in [6, 6.07) is 5.85. The Morgan fingerprint density at radius 3 is 2.92 bits per heavy atom. The van der Waals surface area contributed by atoms with Gasteiger partial charge in [-0.1, -0.05) is 17.7 Å². The molecular weight excluding hydrogens is 298 g/mol. The average molecular weight is 305 g/mol. The Balaban J connectivity index is 2.97. The fourth-order valence-corrected chi connectivity index (χ4v) is 2.34. The first-order valence-electron chi connectivity index (χ1n) is 3.68. The van der Waals surface area contributed by atoms with Crippen LogP contribution in [0, 0.1) is 3.57 Å². The second-order valence-corrected chi connectivity index (χ2v) is 4.20. The van der Waals surface area contributed by atoms with Gasteiger partial charge in [0.2, 0.25) is 0 Å². The topological polar surface area (TPSA) is 38.9 Å². The molecular formula is C9H6ClIN2. The monoisotopic (exact) mass is 304 g/mol. The Hall–Kier alpha value is -0.550. The van der Waals surface area contributed by atoms with Crippen LogP contribution in [0.1, 0.15) is 0 Å². The molecule has 2 aromatic rings. The first-order chi connectivity index (χ1) is 6.20. The van der Waals surface area contributed by atoms with Crippen LogP contribution in [0.4, 0.5) is 5.69 Å². The van der Waals surface area contributed by atoms with Crippen LogP contribution in [-0.2, 0) is 0 Å². The molecule has 4 heteroatoms. The highest BCUT2D eigenvalue weighted by atomic mass is 127. The SMILES string of the molecule is Nc1cnc2cccc(I)c2c1Cl. The number of anilines is 1. The molecule has 13 heavy (non-hydrogen) atoms. The van der Waals surface area contributed by atoms with Crippen molar-refractivity contribution in [2.24, 2.45) is 0 Å². The zero-order chi connectivity index (χ0) is 9.42. The fourth-order valence-electron chi connectivity index (χ4n) is 1.18. The van der Waals surface area contributed by atoms with Crippen molar-refractivity contribution in [1.82, 2.24) is 4.98 Å². The largest absolute Gasteiger partial charge is 0.396 e. The minimum Gasteiger partial charge on any atom is -0.396 e. The summed E-state index contributed by atoms with van der Waals surface area (Å²) in [5, 5.41) is 1.53. The number of benzene rings is 1. The molecule has 0 bridgehead atoms. The number of halogens is 2. The predicted molar refractivity (Wildman–Crippen MR) is 63.9 cm³/mol. The molecule has 0 saturated heterocycles. The van der Waals surface area contributed by atoms with Gasteiger partial charge in [-0.25, -0.2) is 0 Å². The van der Waals surface area contributed by atoms with Gasteiger partial charge in [-0.05, 0) is 34.7 Å². The maximum absolute atomic E-state index is 6.06. The van der Waals surface area contributed by atoms with Crippen molar-refractivity contribution in [2.75, 3.05) is 5.73 Å². The van der Waals surface area contributed by atoms with Gasteiger partial charge in [0, 0.05) is 8.96 Å². The van der Waals surface area contributed by atoms with Gasteiger partial charge < -0.3 is 5.73 Å². The average Bonchev–Trinajstić information content (AvgIpc) is 2.12. The Labute approximate surface area is 94.2 Å². The van der Waals surface area contributed by atoms with Crippen molar-refractivity contribution in [3.63, 3.8) is 0 Å². The summed E-state index contributed by atoms with van der Waals surface area (Å²) in [7, 11) is 0. The second kappa shape index (κ2) is 3.31. The predicted octanol–water partition coefficient (Wildman–Crippen LogP) is 3.08. The molecule has 0 saturated carbocycles. The first-order valence-corrected chi connectivity index (χ1v) is 5.14. The molecule has 1 aromatic carbocycles. The summed E-state index contributed by atoms with van der Waals surface area (Å²) in [5.41, 5.74) is 7.06. The quantitative estimate of drug-likeness (QED) is 0.760. The van der Waals surface area contributed by atoms with E-state index >= 15 is 0 Å². The van der Waals surface area contributed by atoms with Gasteiger partial charge in [0.1, 0.15) is 0 Å². The van der Waals surface area contributed by atoms with Gasteiger partial charge in [-0.3, -0.25) is 4.98 Å². The summed E-state index contributed by atoms with van der Waals surface area (Å²) in [4.78, 5) is 4.19. The van der Waals surface area contributed by atoms with Crippen molar-refractivity contribution in [3.05, 3.63) is 33.0 Å². The number of nitrogens with two attached hydrogens (primary N) is 1. The highest BCUT2D eigenvalue weighted by molar-refractivity contribution is 14.1. The highest BCUT2D eigenvalue weighted by Gasteiger charge is 2.06. The Morgan fingerprint density at radius 1 is 1.38 bits per heavy atom. The highest BCUT2D eigenvalue weighted by Crippen LogP contribution is 2.30. The van der Waals surface area contributed by atoms with Crippen molar-refractivity contribution in [1.29, 1.82) is 0 Å². The van der Waals surface area contributed by atoms with Crippen molar-refractivity contribution >= 4 is 50.8 Å². The summed E-state index contributed by atoms with van der Waals surface area (Å²) in [5.74, 6) is 0. The number of fused-ring (bicyclic) bond motifs is 1. The molecule has 0 aliphatic heterocycles. The molecule has 2 nitrogen and oxygen atoms in total. The zero-order valence-electron chi connectivity index (χ0n) is 6.59. The molecule has 1 heterocycles. The molecule has 0 aliphatic carbocycles.